The van der Waals surface area contributed by atoms with Crippen molar-refractivity contribution in [2.45, 2.75) is 17.4 Å². The second kappa shape index (κ2) is 7.50. The lowest BCUT2D eigenvalue weighted by atomic mass is 10.1. The van der Waals surface area contributed by atoms with Crippen molar-refractivity contribution in [3.8, 4) is 0 Å². The molecule has 0 radical (unpaired) electrons. The topological polar surface area (TPSA) is 72.5 Å². The van der Waals surface area contributed by atoms with Crippen molar-refractivity contribution >= 4 is 16.0 Å². The van der Waals surface area contributed by atoms with E-state index in [1.807, 2.05) is 0 Å². The number of rotatable bonds is 6. The minimum absolute atomic E-state index is 0.295. The van der Waals surface area contributed by atoms with Crippen LogP contribution < -0.4 is 4.72 Å². The summed E-state index contributed by atoms with van der Waals surface area (Å²) in [6.07, 6.45) is -0.295. The van der Waals surface area contributed by atoms with E-state index < -0.39 is 38.6 Å². The molecule has 0 unspecified atom stereocenters. The van der Waals surface area contributed by atoms with Gasteiger partial charge in [0.2, 0.25) is 10.0 Å². The molecule has 0 fully saturated rings. The van der Waals surface area contributed by atoms with Gasteiger partial charge in [0, 0.05) is 0 Å². The van der Waals surface area contributed by atoms with Gasteiger partial charge in [0.15, 0.2) is 0 Å². The molecule has 1 atom stereocenters. The van der Waals surface area contributed by atoms with Crippen molar-refractivity contribution in [2.24, 2.45) is 0 Å². The Balaban J connectivity index is 2.37. The zero-order chi connectivity index (χ0) is 17.7. The largest absolute Gasteiger partial charge is 0.469 e. The molecule has 0 amide bonds. The van der Waals surface area contributed by atoms with Crippen LogP contribution in [-0.2, 0) is 19.6 Å². The van der Waals surface area contributed by atoms with E-state index in [1.165, 1.54) is 7.11 Å². The standard InChI is InChI=1S/C16H15F2NO4S/c1-23-16(20)10-14(11-5-3-2-4-6-11)19-24(21,22)15-9-12(17)7-8-13(15)18/h2-9,14,19H,10H2,1H3/t14-/m0/s1. The van der Waals surface area contributed by atoms with E-state index in [4.69, 9.17) is 0 Å². The van der Waals surface area contributed by atoms with Gasteiger partial charge in [-0.05, 0) is 23.8 Å². The number of nitrogens with one attached hydrogen (secondary N) is 1. The number of ether oxygens (including phenoxy) is 1. The van der Waals surface area contributed by atoms with Gasteiger partial charge in [-0.25, -0.2) is 21.9 Å². The minimum atomic E-state index is -4.39. The number of hydrogen-bond donors (Lipinski definition) is 1. The fraction of sp³-hybridized carbons (Fsp3) is 0.188. The Kier molecular flexibility index (Phi) is 5.63. The summed E-state index contributed by atoms with van der Waals surface area (Å²) in [6.45, 7) is 0. The number of benzene rings is 2. The second-order valence-corrected chi connectivity index (χ2v) is 6.62. The Bertz CT molecular complexity index is 825. The van der Waals surface area contributed by atoms with Crippen molar-refractivity contribution in [3.63, 3.8) is 0 Å². The Morgan fingerprint density at radius 2 is 1.83 bits per heavy atom. The maximum Gasteiger partial charge on any atom is 0.307 e. The molecule has 2 aromatic rings. The number of halogens is 2. The molecule has 0 saturated carbocycles. The number of esters is 1. The second-order valence-electron chi connectivity index (χ2n) is 4.94. The number of hydrogen-bond acceptors (Lipinski definition) is 4. The average Bonchev–Trinajstić information content (AvgIpc) is 2.56. The van der Waals surface area contributed by atoms with E-state index >= 15 is 0 Å². The maximum absolute atomic E-state index is 13.8. The molecule has 2 aromatic carbocycles. The third-order valence-corrected chi connectivity index (χ3v) is 4.77. The zero-order valence-corrected chi connectivity index (χ0v) is 13.5. The molecule has 128 valence electrons. The molecule has 5 nitrogen and oxygen atoms in total. The minimum Gasteiger partial charge on any atom is -0.469 e. The molecule has 0 heterocycles. The first-order valence-electron chi connectivity index (χ1n) is 6.92. The summed E-state index contributed by atoms with van der Waals surface area (Å²) in [5.74, 6) is -2.62. The lowest BCUT2D eigenvalue weighted by Gasteiger charge is -2.18. The predicted octanol–water partition coefficient (Wildman–Crippen LogP) is 2.55. The van der Waals surface area contributed by atoms with Crippen LogP contribution in [0.1, 0.15) is 18.0 Å². The number of carbonyl (C=O) groups excluding carboxylic acids is 1. The monoisotopic (exact) mass is 355 g/mol. The number of sulfonamides is 1. The van der Waals surface area contributed by atoms with Gasteiger partial charge in [-0.3, -0.25) is 4.79 Å². The molecular formula is C16H15F2NO4S. The normalized spacial score (nSPS) is 12.6. The molecule has 0 aliphatic carbocycles. The summed E-state index contributed by atoms with van der Waals surface area (Å²) in [5.41, 5.74) is 0.489. The highest BCUT2D eigenvalue weighted by atomic mass is 32.2. The summed E-state index contributed by atoms with van der Waals surface area (Å²) in [4.78, 5) is 10.7. The molecule has 8 heteroatoms. The summed E-state index contributed by atoms with van der Waals surface area (Å²) in [6, 6.07) is 9.41. The van der Waals surface area contributed by atoms with Crippen LogP contribution in [0.25, 0.3) is 0 Å². The highest BCUT2D eigenvalue weighted by Crippen LogP contribution is 2.22. The van der Waals surface area contributed by atoms with Crippen molar-refractivity contribution in [2.75, 3.05) is 7.11 Å². The Labute approximate surface area is 138 Å². The molecular weight excluding hydrogens is 340 g/mol. The molecule has 0 bridgehead atoms. The third kappa shape index (κ3) is 4.36. The molecule has 24 heavy (non-hydrogen) atoms. The van der Waals surface area contributed by atoms with Crippen molar-refractivity contribution < 1.29 is 26.7 Å². The van der Waals surface area contributed by atoms with E-state index in [-0.39, 0.29) is 6.42 Å². The van der Waals surface area contributed by atoms with Gasteiger partial charge in [0.1, 0.15) is 16.5 Å². The first kappa shape index (κ1) is 18.0. The lowest BCUT2D eigenvalue weighted by Crippen LogP contribution is -2.31. The van der Waals surface area contributed by atoms with E-state index in [0.717, 1.165) is 12.1 Å². The molecule has 0 aliphatic heterocycles. The van der Waals surface area contributed by atoms with Crippen LogP contribution >= 0.6 is 0 Å². The van der Waals surface area contributed by atoms with Crippen molar-refractivity contribution in [1.29, 1.82) is 0 Å². The van der Waals surface area contributed by atoms with Crippen LogP contribution in [0.5, 0.6) is 0 Å². The first-order valence-corrected chi connectivity index (χ1v) is 8.41. The van der Waals surface area contributed by atoms with Crippen molar-refractivity contribution in [1.82, 2.24) is 4.72 Å². The third-order valence-electron chi connectivity index (χ3n) is 3.28. The van der Waals surface area contributed by atoms with E-state index in [9.17, 15) is 22.0 Å². The molecule has 0 aromatic heterocycles. The smallest absolute Gasteiger partial charge is 0.307 e. The molecule has 2 rings (SSSR count). The van der Waals surface area contributed by atoms with Gasteiger partial charge < -0.3 is 4.74 Å². The summed E-state index contributed by atoms with van der Waals surface area (Å²) in [7, 11) is -3.22. The summed E-state index contributed by atoms with van der Waals surface area (Å²) >= 11 is 0. The van der Waals surface area contributed by atoms with Crippen LogP contribution in [0.3, 0.4) is 0 Å². The number of carbonyl (C=O) groups is 1. The van der Waals surface area contributed by atoms with Crippen LogP contribution in [0.4, 0.5) is 8.78 Å². The van der Waals surface area contributed by atoms with Gasteiger partial charge in [-0.1, -0.05) is 30.3 Å². The Morgan fingerprint density at radius 1 is 1.17 bits per heavy atom. The molecule has 1 N–H and O–H groups in total. The summed E-state index contributed by atoms with van der Waals surface area (Å²) in [5, 5.41) is 0. The highest BCUT2D eigenvalue weighted by Gasteiger charge is 2.26. The van der Waals surface area contributed by atoms with Gasteiger partial charge in [-0.2, -0.15) is 0 Å². The van der Waals surface area contributed by atoms with Crippen LogP contribution in [0, 0.1) is 11.6 Å². The van der Waals surface area contributed by atoms with E-state index in [2.05, 4.69) is 9.46 Å². The van der Waals surface area contributed by atoms with Gasteiger partial charge in [0.25, 0.3) is 0 Å². The van der Waals surface area contributed by atoms with Crippen molar-refractivity contribution in [3.05, 3.63) is 65.7 Å². The van der Waals surface area contributed by atoms with Crippen LogP contribution in [-0.4, -0.2) is 21.5 Å². The first-order chi connectivity index (χ1) is 11.3. The zero-order valence-electron chi connectivity index (χ0n) is 12.7. The van der Waals surface area contributed by atoms with Gasteiger partial charge in [0.05, 0.1) is 19.6 Å². The quantitative estimate of drug-likeness (QED) is 0.809. The lowest BCUT2D eigenvalue weighted by molar-refractivity contribution is -0.141. The summed E-state index contributed by atoms with van der Waals surface area (Å²) < 4.78 is 58.6. The van der Waals surface area contributed by atoms with E-state index in [1.54, 1.807) is 30.3 Å². The number of methoxy groups -OCH3 is 1. The van der Waals surface area contributed by atoms with E-state index in [0.29, 0.717) is 11.6 Å². The fourth-order valence-corrected chi connectivity index (χ4v) is 3.41. The molecule has 0 saturated heterocycles. The maximum atomic E-state index is 13.8. The molecule has 0 spiro atoms. The van der Waals surface area contributed by atoms with Gasteiger partial charge >= 0.3 is 5.97 Å². The Hall–Kier alpha value is -2.32. The highest BCUT2D eigenvalue weighted by molar-refractivity contribution is 7.89. The van der Waals surface area contributed by atoms with Crippen LogP contribution in [0.2, 0.25) is 0 Å². The fourth-order valence-electron chi connectivity index (χ4n) is 2.10. The predicted molar refractivity (Wildman–Crippen MR) is 82.5 cm³/mol. The average molecular weight is 355 g/mol. The van der Waals surface area contributed by atoms with Crippen LogP contribution in [0.15, 0.2) is 53.4 Å². The Morgan fingerprint density at radius 3 is 2.46 bits per heavy atom. The van der Waals surface area contributed by atoms with Gasteiger partial charge in [-0.15, -0.1) is 0 Å². The SMILES string of the molecule is COC(=O)C[C@H](NS(=O)(=O)c1cc(F)ccc1F)c1ccccc1. The molecule has 0 aliphatic rings.